The number of aromatic nitrogens is 1. The van der Waals surface area contributed by atoms with Crippen LogP contribution in [0.1, 0.15) is 22.8 Å². The molecule has 148 valence electrons. The molecule has 1 aromatic heterocycles. The molecule has 2 aromatic rings. The monoisotopic (exact) mass is 403 g/mol. The molecule has 6 nitrogen and oxygen atoms in total. The number of ketones is 1. The van der Waals surface area contributed by atoms with Crippen molar-refractivity contribution in [2.24, 2.45) is 0 Å². The van der Waals surface area contributed by atoms with Crippen molar-refractivity contribution in [1.29, 1.82) is 0 Å². The van der Waals surface area contributed by atoms with Gasteiger partial charge in [-0.1, -0.05) is 12.1 Å². The van der Waals surface area contributed by atoms with Gasteiger partial charge in [-0.05, 0) is 25.1 Å². The summed E-state index contributed by atoms with van der Waals surface area (Å²) >= 11 is 1.10. The highest BCUT2D eigenvalue weighted by Gasteiger charge is 2.16. The molecule has 1 amide bonds. The zero-order valence-corrected chi connectivity index (χ0v) is 16.4. The van der Waals surface area contributed by atoms with E-state index in [1.54, 1.807) is 12.3 Å². The minimum Gasteiger partial charge on any atom is -0.378 e. The quantitative estimate of drug-likeness (QED) is 0.566. The standard InChI is InChI=1S/C20H22FN3O3S/c1-14(25)15-4-5-18(17(21)11-15)28-13-19(26)23-12-16-3-2-6-22-20(16)24-7-9-27-10-8-24/h2-6,11H,7-10,12-13H2,1H3,(H,23,26). The molecule has 8 heteroatoms. The van der Waals surface area contributed by atoms with E-state index in [9.17, 15) is 14.0 Å². The fourth-order valence-corrected chi connectivity index (χ4v) is 3.60. The van der Waals surface area contributed by atoms with Crippen molar-refractivity contribution >= 4 is 29.3 Å². The van der Waals surface area contributed by atoms with Gasteiger partial charge in [0.05, 0.1) is 19.0 Å². The topological polar surface area (TPSA) is 71.5 Å². The number of anilines is 1. The van der Waals surface area contributed by atoms with Crippen molar-refractivity contribution in [1.82, 2.24) is 10.3 Å². The first-order valence-corrected chi connectivity index (χ1v) is 9.99. The Morgan fingerprint density at radius 3 is 2.79 bits per heavy atom. The Balaban J connectivity index is 1.54. The van der Waals surface area contributed by atoms with Crippen molar-refractivity contribution in [2.45, 2.75) is 18.4 Å². The van der Waals surface area contributed by atoms with Gasteiger partial charge in [-0.2, -0.15) is 0 Å². The van der Waals surface area contributed by atoms with Gasteiger partial charge in [0.15, 0.2) is 5.78 Å². The van der Waals surface area contributed by atoms with Crippen LogP contribution in [0, 0.1) is 5.82 Å². The number of ether oxygens (including phenoxy) is 1. The summed E-state index contributed by atoms with van der Waals surface area (Å²) in [7, 11) is 0. The Kier molecular flexibility index (Phi) is 7.00. The lowest BCUT2D eigenvalue weighted by atomic mass is 10.1. The second-order valence-electron chi connectivity index (χ2n) is 6.35. The van der Waals surface area contributed by atoms with Gasteiger partial charge in [0.2, 0.25) is 5.91 Å². The summed E-state index contributed by atoms with van der Waals surface area (Å²) in [5.41, 5.74) is 1.25. The maximum absolute atomic E-state index is 14.0. The molecule has 0 spiro atoms. The van der Waals surface area contributed by atoms with E-state index in [0.717, 1.165) is 36.2 Å². The molecule has 28 heavy (non-hydrogen) atoms. The van der Waals surface area contributed by atoms with E-state index in [2.05, 4.69) is 15.2 Å². The highest BCUT2D eigenvalue weighted by molar-refractivity contribution is 8.00. The number of carbonyl (C=O) groups excluding carboxylic acids is 2. The van der Waals surface area contributed by atoms with Gasteiger partial charge in [-0.3, -0.25) is 9.59 Å². The first-order valence-electron chi connectivity index (χ1n) is 9.01. The molecule has 1 saturated heterocycles. The number of Topliss-reactive ketones (excluding diaryl/α,β-unsaturated/α-hetero) is 1. The highest BCUT2D eigenvalue weighted by atomic mass is 32.2. The van der Waals surface area contributed by atoms with Crippen molar-refractivity contribution < 1.29 is 18.7 Å². The number of nitrogens with zero attached hydrogens (tertiary/aromatic N) is 2. The van der Waals surface area contributed by atoms with E-state index in [1.165, 1.54) is 19.1 Å². The average Bonchev–Trinajstić information content (AvgIpc) is 2.72. The summed E-state index contributed by atoms with van der Waals surface area (Å²) in [5.74, 6) is 0.0540. The molecule has 1 aromatic carbocycles. The molecular weight excluding hydrogens is 381 g/mol. The van der Waals surface area contributed by atoms with Crippen LogP contribution >= 0.6 is 11.8 Å². The molecule has 0 bridgehead atoms. The van der Waals surface area contributed by atoms with Crippen LogP contribution in [0.25, 0.3) is 0 Å². The van der Waals surface area contributed by atoms with E-state index in [0.29, 0.717) is 30.2 Å². The maximum Gasteiger partial charge on any atom is 0.230 e. The normalized spacial score (nSPS) is 14.0. The Hall–Kier alpha value is -2.45. The summed E-state index contributed by atoms with van der Waals surface area (Å²) in [6.07, 6.45) is 1.74. The zero-order valence-electron chi connectivity index (χ0n) is 15.6. The Morgan fingerprint density at radius 1 is 1.29 bits per heavy atom. The minimum atomic E-state index is -0.493. The Bertz CT molecular complexity index is 856. The van der Waals surface area contributed by atoms with Gasteiger partial charge in [-0.25, -0.2) is 9.37 Å². The van der Waals surface area contributed by atoms with E-state index >= 15 is 0 Å². The molecule has 0 radical (unpaired) electrons. The van der Waals surface area contributed by atoms with Crippen molar-refractivity contribution in [3.8, 4) is 0 Å². The number of rotatable bonds is 7. The molecule has 0 atom stereocenters. The van der Waals surface area contributed by atoms with Gasteiger partial charge in [0, 0.05) is 41.9 Å². The van der Waals surface area contributed by atoms with Gasteiger partial charge < -0.3 is 15.0 Å². The van der Waals surface area contributed by atoms with Gasteiger partial charge >= 0.3 is 0 Å². The summed E-state index contributed by atoms with van der Waals surface area (Å²) < 4.78 is 19.4. The van der Waals surface area contributed by atoms with Gasteiger partial charge in [0.1, 0.15) is 11.6 Å². The Morgan fingerprint density at radius 2 is 2.07 bits per heavy atom. The van der Waals surface area contributed by atoms with Crippen LogP contribution in [0.5, 0.6) is 0 Å². The number of nitrogens with one attached hydrogen (secondary N) is 1. The molecule has 0 saturated carbocycles. The van der Waals surface area contributed by atoms with Gasteiger partial charge in [0.25, 0.3) is 0 Å². The van der Waals surface area contributed by atoms with Crippen LogP contribution in [0.3, 0.4) is 0 Å². The molecule has 2 heterocycles. The van der Waals surface area contributed by atoms with Crippen LogP contribution in [0.4, 0.5) is 10.2 Å². The molecule has 0 unspecified atom stereocenters. The highest BCUT2D eigenvalue weighted by Crippen LogP contribution is 2.23. The third-order valence-corrected chi connectivity index (χ3v) is 5.40. The number of benzene rings is 1. The van der Waals surface area contributed by atoms with Crippen molar-refractivity contribution in [2.75, 3.05) is 37.0 Å². The number of thioether (sulfide) groups is 1. The molecule has 3 rings (SSSR count). The largest absolute Gasteiger partial charge is 0.378 e. The lowest BCUT2D eigenvalue weighted by Gasteiger charge is -2.29. The van der Waals surface area contributed by atoms with Crippen LogP contribution in [0.2, 0.25) is 0 Å². The lowest BCUT2D eigenvalue weighted by molar-refractivity contribution is -0.118. The molecule has 0 aliphatic carbocycles. The number of carbonyl (C=O) groups is 2. The van der Waals surface area contributed by atoms with Crippen LogP contribution in [0.15, 0.2) is 41.4 Å². The van der Waals surface area contributed by atoms with E-state index in [1.807, 2.05) is 12.1 Å². The second kappa shape index (κ2) is 9.66. The minimum absolute atomic E-state index is 0.0868. The fourth-order valence-electron chi connectivity index (χ4n) is 2.85. The SMILES string of the molecule is CC(=O)c1ccc(SCC(=O)NCc2cccnc2N2CCOCC2)c(F)c1. The predicted octanol–water partition coefficient (Wildman–Crippen LogP) is 2.67. The summed E-state index contributed by atoms with van der Waals surface area (Å²) in [6, 6.07) is 8.07. The van der Waals surface area contributed by atoms with Crippen LogP contribution in [-0.4, -0.2) is 48.7 Å². The first-order chi connectivity index (χ1) is 13.5. The van der Waals surface area contributed by atoms with E-state index in [4.69, 9.17) is 4.74 Å². The van der Waals surface area contributed by atoms with Crippen molar-refractivity contribution in [3.63, 3.8) is 0 Å². The number of halogens is 1. The number of morpholine rings is 1. The third kappa shape index (κ3) is 5.30. The molecular formula is C20H22FN3O3S. The smallest absolute Gasteiger partial charge is 0.230 e. The molecule has 1 N–H and O–H groups in total. The van der Waals surface area contributed by atoms with E-state index in [-0.39, 0.29) is 17.4 Å². The average molecular weight is 403 g/mol. The molecule has 1 aliphatic rings. The molecule has 1 aliphatic heterocycles. The first kappa shape index (κ1) is 20.3. The number of hydrogen-bond acceptors (Lipinski definition) is 6. The summed E-state index contributed by atoms with van der Waals surface area (Å²) in [4.78, 5) is 30.4. The van der Waals surface area contributed by atoms with Crippen LogP contribution < -0.4 is 10.2 Å². The second-order valence-corrected chi connectivity index (χ2v) is 7.37. The van der Waals surface area contributed by atoms with E-state index < -0.39 is 5.82 Å². The lowest BCUT2D eigenvalue weighted by Crippen LogP contribution is -2.38. The van der Waals surface area contributed by atoms with Crippen LogP contribution in [-0.2, 0) is 16.1 Å². The Labute approximate surface area is 167 Å². The summed E-state index contributed by atoms with van der Waals surface area (Å²) in [5, 5.41) is 2.86. The third-order valence-electron chi connectivity index (χ3n) is 4.35. The van der Waals surface area contributed by atoms with Crippen molar-refractivity contribution in [3.05, 3.63) is 53.5 Å². The predicted molar refractivity (Wildman–Crippen MR) is 106 cm³/mol. The van der Waals surface area contributed by atoms with Gasteiger partial charge in [-0.15, -0.1) is 11.8 Å². The fraction of sp³-hybridized carbons (Fsp3) is 0.350. The summed E-state index contributed by atoms with van der Waals surface area (Å²) in [6.45, 7) is 4.59. The number of amides is 1. The maximum atomic E-state index is 14.0. The number of hydrogen-bond donors (Lipinski definition) is 1. The number of pyridine rings is 1. The zero-order chi connectivity index (χ0) is 19.9. The molecule has 1 fully saturated rings.